The summed E-state index contributed by atoms with van der Waals surface area (Å²) in [6, 6.07) is 13.6. The van der Waals surface area contributed by atoms with Gasteiger partial charge in [-0.2, -0.15) is 9.41 Å². The number of hydrogen-bond acceptors (Lipinski definition) is 5. The molecule has 1 N–H and O–H groups in total. The van der Waals surface area contributed by atoms with E-state index in [0.29, 0.717) is 26.3 Å². The minimum absolute atomic E-state index is 0.0831. The summed E-state index contributed by atoms with van der Waals surface area (Å²) in [5, 5.41) is 3.94. The van der Waals surface area contributed by atoms with Crippen LogP contribution in [0.4, 0.5) is 0 Å². The van der Waals surface area contributed by atoms with Crippen molar-refractivity contribution in [2.75, 3.05) is 26.3 Å². The first kappa shape index (κ1) is 19.2. The predicted octanol–water partition coefficient (Wildman–Crippen LogP) is 1.78. The molecule has 0 unspecified atom stereocenters. The summed E-state index contributed by atoms with van der Waals surface area (Å²) in [7, 11) is -3.65. The highest BCUT2D eigenvalue weighted by atomic mass is 32.2. The Hall–Kier alpha value is -2.55. The molecule has 1 fully saturated rings. The molecule has 27 heavy (non-hydrogen) atoms. The van der Waals surface area contributed by atoms with E-state index in [9.17, 15) is 13.2 Å². The second-order valence-corrected chi connectivity index (χ2v) is 8.10. The molecule has 1 aliphatic heterocycles. The van der Waals surface area contributed by atoms with Crippen molar-refractivity contribution in [2.45, 2.75) is 11.8 Å². The average molecular weight is 387 g/mol. The van der Waals surface area contributed by atoms with Crippen LogP contribution in [0, 0.1) is 6.92 Å². The molecule has 8 heteroatoms. The maximum absolute atomic E-state index is 12.7. The molecular weight excluding hydrogens is 366 g/mol. The van der Waals surface area contributed by atoms with Crippen molar-refractivity contribution < 1.29 is 17.9 Å². The number of morpholine rings is 1. The average Bonchev–Trinajstić information content (AvgIpc) is 2.69. The highest BCUT2D eigenvalue weighted by Crippen LogP contribution is 2.18. The molecule has 0 radical (unpaired) electrons. The number of ether oxygens (including phenoxy) is 1. The topological polar surface area (TPSA) is 88.1 Å². The summed E-state index contributed by atoms with van der Waals surface area (Å²) >= 11 is 0. The van der Waals surface area contributed by atoms with Gasteiger partial charge in [0.15, 0.2) is 0 Å². The van der Waals surface area contributed by atoms with Crippen LogP contribution < -0.4 is 5.43 Å². The van der Waals surface area contributed by atoms with Gasteiger partial charge >= 0.3 is 0 Å². The van der Waals surface area contributed by atoms with Gasteiger partial charge in [0.1, 0.15) is 0 Å². The third kappa shape index (κ3) is 4.79. The lowest BCUT2D eigenvalue weighted by Crippen LogP contribution is -2.40. The van der Waals surface area contributed by atoms with Crippen molar-refractivity contribution in [1.29, 1.82) is 0 Å². The SMILES string of the molecule is Cc1cccc(/C=N\NC(=O)c2cccc(S(=O)(=O)N3CCOCC3)c2)c1. The standard InChI is InChI=1S/C19H21N3O4S/c1-15-4-2-5-16(12-15)14-20-21-19(23)17-6-3-7-18(13-17)27(24,25)22-8-10-26-11-9-22/h2-7,12-14H,8-11H2,1H3,(H,21,23)/b20-14-. The fourth-order valence-electron chi connectivity index (χ4n) is 2.71. The van der Waals surface area contributed by atoms with Crippen LogP contribution >= 0.6 is 0 Å². The number of nitrogens with one attached hydrogen (secondary N) is 1. The summed E-state index contributed by atoms with van der Waals surface area (Å²) < 4.78 is 32.0. The largest absolute Gasteiger partial charge is 0.379 e. The minimum atomic E-state index is -3.65. The summed E-state index contributed by atoms with van der Waals surface area (Å²) in [4.78, 5) is 12.4. The van der Waals surface area contributed by atoms with Gasteiger partial charge in [0, 0.05) is 18.7 Å². The zero-order chi connectivity index (χ0) is 19.3. The van der Waals surface area contributed by atoms with Crippen LogP contribution in [0.1, 0.15) is 21.5 Å². The molecule has 1 heterocycles. The predicted molar refractivity (Wildman–Crippen MR) is 102 cm³/mol. The van der Waals surface area contributed by atoms with E-state index in [4.69, 9.17) is 4.74 Å². The molecule has 0 atom stereocenters. The number of carbonyl (C=O) groups excluding carboxylic acids is 1. The molecule has 1 amide bonds. The third-order valence-corrected chi connectivity index (χ3v) is 6.02. The number of nitrogens with zero attached hydrogens (tertiary/aromatic N) is 2. The number of rotatable bonds is 5. The first-order chi connectivity index (χ1) is 13.0. The lowest BCUT2D eigenvalue weighted by molar-refractivity contribution is 0.0730. The van der Waals surface area contributed by atoms with Crippen molar-refractivity contribution in [2.24, 2.45) is 5.10 Å². The number of carbonyl (C=O) groups is 1. The quantitative estimate of drug-likeness (QED) is 0.626. The van der Waals surface area contributed by atoms with Crippen LogP contribution in [0.15, 0.2) is 58.5 Å². The van der Waals surface area contributed by atoms with E-state index in [1.807, 2.05) is 31.2 Å². The van der Waals surface area contributed by atoms with Gasteiger partial charge < -0.3 is 4.74 Å². The number of amides is 1. The molecule has 0 bridgehead atoms. The van der Waals surface area contributed by atoms with E-state index in [0.717, 1.165) is 11.1 Å². The molecule has 0 saturated carbocycles. The Morgan fingerprint density at radius 3 is 2.63 bits per heavy atom. The second kappa shape index (κ2) is 8.43. The van der Waals surface area contributed by atoms with E-state index >= 15 is 0 Å². The van der Waals surface area contributed by atoms with Crippen molar-refractivity contribution >= 4 is 22.1 Å². The Balaban J connectivity index is 1.72. The van der Waals surface area contributed by atoms with E-state index in [2.05, 4.69) is 10.5 Å². The van der Waals surface area contributed by atoms with Crippen LogP contribution in [-0.4, -0.2) is 51.1 Å². The van der Waals surface area contributed by atoms with Gasteiger partial charge in [-0.1, -0.05) is 35.9 Å². The number of benzene rings is 2. The van der Waals surface area contributed by atoms with Crippen molar-refractivity contribution in [3.05, 3.63) is 65.2 Å². The van der Waals surface area contributed by atoms with Gasteiger partial charge in [-0.15, -0.1) is 0 Å². The molecule has 2 aromatic carbocycles. The van der Waals surface area contributed by atoms with Gasteiger partial charge in [-0.25, -0.2) is 13.8 Å². The van der Waals surface area contributed by atoms with Crippen molar-refractivity contribution in [3.63, 3.8) is 0 Å². The molecule has 7 nitrogen and oxygen atoms in total. The van der Waals surface area contributed by atoms with Crippen molar-refractivity contribution in [1.82, 2.24) is 9.73 Å². The Kier molecular flexibility index (Phi) is 6.00. The minimum Gasteiger partial charge on any atom is -0.379 e. The molecule has 0 spiro atoms. The maximum Gasteiger partial charge on any atom is 0.271 e. The molecular formula is C19H21N3O4S. The summed E-state index contributed by atoms with van der Waals surface area (Å²) in [5.41, 5.74) is 4.60. The number of sulfonamides is 1. The Morgan fingerprint density at radius 2 is 1.89 bits per heavy atom. The molecule has 1 saturated heterocycles. The molecule has 3 rings (SSSR count). The lowest BCUT2D eigenvalue weighted by Gasteiger charge is -2.26. The highest BCUT2D eigenvalue weighted by Gasteiger charge is 2.26. The van der Waals surface area contributed by atoms with Gasteiger partial charge in [-0.3, -0.25) is 4.79 Å². The summed E-state index contributed by atoms with van der Waals surface area (Å²) in [6.45, 7) is 3.32. The molecule has 142 valence electrons. The highest BCUT2D eigenvalue weighted by molar-refractivity contribution is 7.89. The second-order valence-electron chi connectivity index (χ2n) is 6.16. The van der Waals surface area contributed by atoms with E-state index < -0.39 is 15.9 Å². The maximum atomic E-state index is 12.7. The number of aryl methyl sites for hydroxylation is 1. The summed E-state index contributed by atoms with van der Waals surface area (Å²) in [6.07, 6.45) is 1.54. The zero-order valence-electron chi connectivity index (χ0n) is 15.0. The Bertz CT molecular complexity index is 951. The molecule has 1 aliphatic rings. The van der Waals surface area contributed by atoms with Crippen LogP contribution in [0.2, 0.25) is 0 Å². The van der Waals surface area contributed by atoms with Gasteiger partial charge in [0.25, 0.3) is 5.91 Å². The summed E-state index contributed by atoms with van der Waals surface area (Å²) in [5.74, 6) is -0.474. The van der Waals surface area contributed by atoms with Gasteiger partial charge in [0.05, 0.1) is 24.3 Å². The van der Waals surface area contributed by atoms with Gasteiger partial charge in [0.2, 0.25) is 10.0 Å². The fraction of sp³-hybridized carbons (Fsp3) is 0.263. The normalized spacial score (nSPS) is 15.7. The molecule has 0 aliphatic carbocycles. The lowest BCUT2D eigenvalue weighted by atomic mass is 10.2. The smallest absolute Gasteiger partial charge is 0.271 e. The van der Waals surface area contributed by atoms with Gasteiger partial charge in [-0.05, 0) is 30.7 Å². The van der Waals surface area contributed by atoms with E-state index in [1.54, 1.807) is 18.3 Å². The molecule has 2 aromatic rings. The number of hydrogen-bond donors (Lipinski definition) is 1. The third-order valence-electron chi connectivity index (χ3n) is 4.13. The fourth-order valence-corrected chi connectivity index (χ4v) is 4.17. The Labute approximate surface area is 158 Å². The Morgan fingerprint density at radius 1 is 1.15 bits per heavy atom. The first-order valence-electron chi connectivity index (χ1n) is 8.55. The van der Waals surface area contributed by atoms with E-state index in [-0.39, 0.29) is 10.5 Å². The number of hydrazone groups is 1. The molecule has 0 aromatic heterocycles. The van der Waals surface area contributed by atoms with Crippen LogP contribution in [0.5, 0.6) is 0 Å². The van der Waals surface area contributed by atoms with Crippen LogP contribution in [0.3, 0.4) is 0 Å². The zero-order valence-corrected chi connectivity index (χ0v) is 15.8. The van der Waals surface area contributed by atoms with Crippen molar-refractivity contribution in [3.8, 4) is 0 Å². The van der Waals surface area contributed by atoms with Crippen LogP contribution in [0.25, 0.3) is 0 Å². The van der Waals surface area contributed by atoms with E-state index in [1.165, 1.54) is 16.4 Å². The monoisotopic (exact) mass is 387 g/mol. The first-order valence-corrected chi connectivity index (χ1v) is 9.99. The van der Waals surface area contributed by atoms with Crippen LogP contribution in [-0.2, 0) is 14.8 Å².